The van der Waals surface area contributed by atoms with Crippen LogP contribution in [0, 0.1) is 17.7 Å². The van der Waals surface area contributed by atoms with Gasteiger partial charge in [-0.2, -0.15) is 0 Å². The molecule has 0 amide bonds. The molecule has 2 rings (SSSR count). The van der Waals surface area contributed by atoms with Gasteiger partial charge in [0.1, 0.15) is 5.82 Å². The quantitative estimate of drug-likeness (QED) is 0.847. The van der Waals surface area contributed by atoms with E-state index in [0.717, 1.165) is 5.92 Å². The summed E-state index contributed by atoms with van der Waals surface area (Å²) in [6, 6.07) is 5.11. The van der Waals surface area contributed by atoms with Crippen molar-refractivity contribution in [1.29, 1.82) is 0 Å². The van der Waals surface area contributed by atoms with E-state index in [2.05, 4.69) is 12.2 Å². The summed E-state index contributed by atoms with van der Waals surface area (Å²) in [6.07, 6.45) is 3.34. The molecule has 0 aliphatic heterocycles. The molecule has 0 spiro atoms. The molecule has 1 nitrogen and oxygen atoms in total. The molecule has 0 aromatic heterocycles. The maximum absolute atomic E-state index is 13.7. The van der Waals surface area contributed by atoms with Gasteiger partial charge in [0.15, 0.2) is 0 Å². The van der Waals surface area contributed by atoms with Crippen molar-refractivity contribution >= 4 is 11.6 Å². The molecule has 0 radical (unpaired) electrons. The highest BCUT2D eigenvalue weighted by atomic mass is 35.5. The van der Waals surface area contributed by atoms with E-state index in [4.69, 9.17) is 11.6 Å². The van der Waals surface area contributed by atoms with Crippen LogP contribution < -0.4 is 5.32 Å². The number of rotatable bonds is 5. The van der Waals surface area contributed by atoms with Gasteiger partial charge in [-0.05, 0) is 61.9 Å². The van der Waals surface area contributed by atoms with E-state index in [1.54, 1.807) is 12.1 Å². The summed E-state index contributed by atoms with van der Waals surface area (Å²) in [6.45, 7) is 2.25. The van der Waals surface area contributed by atoms with E-state index in [1.807, 2.05) is 7.05 Å². The van der Waals surface area contributed by atoms with Gasteiger partial charge in [-0.1, -0.05) is 18.5 Å². The van der Waals surface area contributed by atoms with E-state index in [0.29, 0.717) is 29.0 Å². The third kappa shape index (κ3) is 3.20. The van der Waals surface area contributed by atoms with Crippen LogP contribution in [-0.4, -0.2) is 13.1 Å². The van der Waals surface area contributed by atoms with Gasteiger partial charge in [0, 0.05) is 11.1 Å². The molecule has 0 saturated heterocycles. The van der Waals surface area contributed by atoms with Crippen molar-refractivity contribution in [2.45, 2.75) is 32.2 Å². The van der Waals surface area contributed by atoms with Crippen LogP contribution in [0.5, 0.6) is 0 Å². The lowest BCUT2D eigenvalue weighted by Gasteiger charge is -2.23. The molecule has 1 fully saturated rings. The first kappa shape index (κ1) is 12.8. The summed E-state index contributed by atoms with van der Waals surface area (Å²) in [4.78, 5) is 0. The summed E-state index contributed by atoms with van der Waals surface area (Å²) >= 11 is 5.91. The largest absolute Gasteiger partial charge is 0.316 e. The lowest BCUT2D eigenvalue weighted by molar-refractivity contribution is 0.354. The van der Waals surface area contributed by atoms with Crippen LogP contribution in [0.4, 0.5) is 4.39 Å². The van der Waals surface area contributed by atoms with Crippen LogP contribution in [0.25, 0.3) is 0 Å². The van der Waals surface area contributed by atoms with Crippen LogP contribution in [0.1, 0.15) is 25.3 Å². The van der Waals surface area contributed by atoms with Gasteiger partial charge in [0.05, 0.1) is 0 Å². The molecule has 2 unspecified atom stereocenters. The first-order valence-corrected chi connectivity index (χ1v) is 6.60. The van der Waals surface area contributed by atoms with Crippen LogP contribution in [0.2, 0.25) is 5.02 Å². The minimum atomic E-state index is -0.155. The summed E-state index contributed by atoms with van der Waals surface area (Å²) < 4.78 is 13.7. The predicted molar refractivity (Wildman–Crippen MR) is 69.8 cm³/mol. The molecule has 0 heterocycles. The second-order valence-electron chi connectivity index (χ2n) is 5.03. The van der Waals surface area contributed by atoms with Crippen molar-refractivity contribution in [1.82, 2.24) is 5.32 Å². The fraction of sp³-hybridized carbons (Fsp3) is 0.571. The zero-order chi connectivity index (χ0) is 12.4. The van der Waals surface area contributed by atoms with Crippen molar-refractivity contribution in [3.8, 4) is 0 Å². The van der Waals surface area contributed by atoms with Gasteiger partial charge in [-0.25, -0.2) is 4.39 Å². The van der Waals surface area contributed by atoms with Crippen molar-refractivity contribution in [2.75, 3.05) is 7.05 Å². The van der Waals surface area contributed by atoms with E-state index in [1.165, 1.54) is 18.9 Å². The molecule has 1 N–H and O–H groups in total. The first-order valence-electron chi connectivity index (χ1n) is 6.23. The molecule has 1 saturated carbocycles. The van der Waals surface area contributed by atoms with Crippen LogP contribution in [0.15, 0.2) is 18.2 Å². The van der Waals surface area contributed by atoms with E-state index in [-0.39, 0.29) is 5.82 Å². The van der Waals surface area contributed by atoms with Crippen LogP contribution in [0.3, 0.4) is 0 Å². The average Bonchev–Trinajstić information content (AvgIpc) is 3.13. The lowest BCUT2D eigenvalue weighted by Crippen LogP contribution is -2.35. The van der Waals surface area contributed by atoms with Crippen molar-refractivity contribution < 1.29 is 4.39 Å². The first-order chi connectivity index (χ1) is 8.11. The van der Waals surface area contributed by atoms with Gasteiger partial charge in [-0.15, -0.1) is 0 Å². The number of benzene rings is 1. The highest BCUT2D eigenvalue weighted by Gasteiger charge is 2.32. The summed E-state index contributed by atoms with van der Waals surface area (Å²) in [7, 11) is 1.95. The zero-order valence-electron chi connectivity index (χ0n) is 10.3. The Morgan fingerprint density at radius 2 is 2.18 bits per heavy atom. The predicted octanol–water partition coefficient (Wildman–Crippen LogP) is 3.66. The summed E-state index contributed by atoms with van der Waals surface area (Å²) in [5, 5.41) is 3.92. The fourth-order valence-corrected chi connectivity index (χ4v) is 2.63. The van der Waals surface area contributed by atoms with Crippen LogP contribution >= 0.6 is 11.6 Å². The summed E-state index contributed by atoms with van der Waals surface area (Å²) in [5.74, 6) is 1.26. The number of likely N-dealkylation sites (N-methyl/N-ethyl adjacent to an activating group) is 1. The second kappa shape index (κ2) is 5.36. The third-order valence-electron chi connectivity index (χ3n) is 3.82. The Morgan fingerprint density at radius 1 is 1.47 bits per heavy atom. The number of halogens is 2. The molecule has 2 atom stereocenters. The maximum Gasteiger partial charge on any atom is 0.126 e. The van der Waals surface area contributed by atoms with Gasteiger partial charge >= 0.3 is 0 Å². The molecule has 3 heteroatoms. The Hall–Kier alpha value is -0.600. The second-order valence-corrected chi connectivity index (χ2v) is 5.47. The molecule has 1 aromatic rings. The summed E-state index contributed by atoms with van der Waals surface area (Å²) in [5.41, 5.74) is 0.712. The minimum Gasteiger partial charge on any atom is -0.316 e. The molecular weight excluding hydrogens is 237 g/mol. The number of nitrogens with one attached hydrogen (secondary N) is 1. The molecular formula is C14H19ClFN. The SMILES string of the molecule is CNC(Cc1cc(Cl)ccc1F)C(C)C1CC1. The number of hydrogen-bond donors (Lipinski definition) is 1. The standard InChI is InChI=1S/C14H19ClFN/c1-9(10-3-4-10)14(17-2)8-11-7-12(15)5-6-13(11)16/h5-7,9-10,14,17H,3-4,8H2,1-2H3. The van der Waals surface area contributed by atoms with Crippen molar-refractivity contribution in [3.63, 3.8) is 0 Å². The Morgan fingerprint density at radius 3 is 2.76 bits per heavy atom. The van der Waals surface area contributed by atoms with Crippen molar-refractivity contribution in [3.05, 3.63) is 34.6 Å². The molecule has 0 bridgehead atoms. The molecule has 17 heavy (non-hydrogen) atoms. The van der Waals surface area contributed by atoms with E-state index >= 15 is 0 Å². The lowest BCUT2D eigenvalue weighted by atomic mass is 9.91. The van der Waals surface area contributed by atoms with Gasteiger partial charge in [0.2, 0.25) is 0 Å². The molecule has 1 aromatic carbocycles. The minimum absolute atomic E-state index is 0.155. The molecule has 1 aliphatic carbocycles. The maximum atomic E-state index is 13.7. The van der Waals surface area contributed by atoms with Gasteiger partial charge in [0.25, 0.3) is 0 Å². The van der Waals surface area contributed by atoms with E-state index < -0.39 is 0 Å². The monoisotopic (exact) mass is 255 g/mol. The van der Waals surface area contributed by atoms with E-state index in [9.17, 15) is 4.39 Å². The normalized spacial score (nSPS) is 19.1. The fourth-order valence-electron chi connectivity index (χ4n) is 2.44. The van der Waals surface area contributed by atoms with Gasteiger partial charge < -0.3 is 5.32 Å². The topological polar surface area (TPSA) is 12.0 Å². The smallest absolute Gasteiger partial charge is 0.126 e. The third-order valence-corrected chi connectivity index (χ3v) is 4.05. The van der Waals surface area contributed by atoms with Gasteiger partial charge in [-0.3, -0.25) is 0 Å². The Kier molecular flexibility index (Phi) is 4.05. The van der Waals surface area contributed by atoms with Crippen molar-refractivity contribution in [2.24, 2.45) is 11.8 Å². The molecule has 1 aliphatic rings. The Labute approximate surface area is 107 Å². The number of hydrogen-bond acceptors (Lipinski definition) is 1. The average molecular weight is 256 g/mol. The Balaban J connectivity index is 2.08. The van der Waals surface area contributed by atoms with Crippen LogP contribution in [-0.2, 0) is 6.42 Å². The zero-order valence-corrected chi connectivity index (χ0v) is 11.1. The highest BCUT2D eigenvalue weighted by Crippen LogP contribution is 2.38. The Bertz CT molecular complexity index is 390. The highest BCUT2D eigenvalue weighted by molar-refractivity contribution is 6.30. The molecule has 94 valence electrons.